The summed E-state index contributed by atoms with van der Waals surface area (Å²) in [6.45, 7) is 5.50. The number of rotatable bonds is 5. The van der Waals surface area contributed by atoms with E-state index in [0.29, 0.717) is 11.1 Å². The zero-order valence-electron chi connectivity index (χ0n) is 14.7. The van der Waals surface area contributed by atoms with Gasteiger partial charge < -0.3 is 9.84 Å². The predicted molar refractivity (Wildman–Crippen MR) is 97.5 cm³/mol. The molecule has 25 heavy (non-hydrogen) atoms. The van der Waals surface area contributed by atoms with Gasteiger partial charge in [-0.15, -0.1) is 0 Å². The molecule has 0 heterocycles. The minimum Gasteiger partial charge on any atom is -0.508 e. The van der Waals surface area contributed by atoms with Crippen LogP contribution in [0.3, 0.4) is 0 Å². The highest BCUT2D eigenvalue weighted by molar-refractivity contribution is 6.09. The van der Waals surface area contributed by atoms with Crippen molar-refractivity contribution in [1.82, 2.24) is 0 Å². The molecule has 0 aromatic heterocycles. The second kappa shape index (κ2) is 7.79. The van der Waals surface area contributed by atoms with Crippen molar-refractivity contribution in [2.45, 2.75) is 32.8 Å². The summed E-state index contributed by atoms with van der Waals surface area (Å²) in [7, 11) is 0. The molecule has 0 saturated carbocycles. The predicted octanol–water partition coefficient (Wildman–Crippen LogP) is 4.37. The molecule has 0 fully saturated rings. The van der Waals surface area contributed by atoms with Crippen LogP contribution in [0.5, 0.6) is 5.75 Å². The normalized spacial score (nSPS) is 11.5. The third-order valence-electron chi connectivity index (χ3n) is 3.32. The van der Waals surface area contributed by atoms with Crippen molar-refractivity contribution in [3.8, 4) is 5.75 Å². The summed E-state index contributed by atoms with van der Waals surface area (Å²) < 4.78 is 5.23. The maximum atomic E-state index is 12.3. The first-order valence-corrected chi connectivity index (χ1v) is 8.07. The van der Waals surface area contributed by atoms with Gasteiger partial charge in [0.2, 0.25) is 0 Å². The van der Waals surface area contributed by atoms with Gasteiger partial charge in [-0.2, -0.15) is 0 Å². The minimum atomic E-state index is -0.485. The number of carbonyl (C=O) groups is 2. The van der Waals surface area contributed by atoms with E-state index in [1.54, 1.807) is 30.3 Å². The molecule has 0 radical (unpaired) electrons. The zero-order valence-corrected chi connectivity index (χ0v) is 14.7. The molecule has 4 nitrogen and oxygen atoms in total. The molecule has 2 rings (SSSR count). The summed E-state index contributed by atoms with van der Waals surface area (Å²) in [6.07, 6.45) is 3.76. The third kappa shape index (κ3) is 5.92. The lowest BCUT2D eigenvalue weighted by Gasteiger charge is -2.18. The van der Waals surface area contributed by atoms with Crippen molar-refractivity contribution < 1.29 is 19.4 Å². The van der Waals surface area contributed by atoms with Crippen LogP contribution in [0.15, 0.2) is 54.6 Å². The number of hydrogen-bond donors (Lipinski definition) is 1. The van der Waals surface area contributed by atoms with Crippen molar-refractivity contribution in [2.24, 2.45) is 0 Å². The third-order valence-corrected chi connectivity index (χ3v) is 3.32. The molecule has 0 aliphatic heterocycles. The van der Waals surface area contributed by atoms with Crippen molar-refractivity contribution in [2.75, 3.05) is 0 Å². The van der Waals surface area contributed by atoms with Crippen LogP contribution in [0.2, 0.25) is 0 Å². The van der Waals surface area contributed by atoms with Gasteiger partial charge in [0, 0.05) is 11.1 Å². The highest BCUT2D eigenvalue weighted by Crippen LogP contribution is 2.15. The highest BCUT2D eigenvalue weighted by atomic mass is 16.6. The number of esters is 1. The molecule has 2 aromatic carbocycles. The van der Waals surface area contributed by atoms with Gasteiger partial charge in [-0.25, -0.2) is 0 Å². The number of aromatic hydroxyl groups is 1. The molecule has 4 heteroatoms. The van der Waals surface area contributed by atoms with Crippen LogP contribution < -0.4 is 0 Å². The van der Waals surface area contributed by atoms with Gasteiger partial charge in [-0.1, -0.05) is 36.4 Å². The van der Waals surface area contributed by atoms with E-state index in [9.17, 15) is 14.7 Å². The van der Waals surface area contributed by atoms with Crippen LogP contribution in [0, 0.1) is 0 Å². The average molecular weight is 338 g/mol. The Morgan fingerprint density at radius 1 is 0.960 bits per heavy atom. The second-order valence-electron chi connectivity index (χ2n) is 6.69. The molecule has 0 bridgehead atoms. The van der Waals surface area contributed by atoms with Gasteiger partial charge in [-0.3, -0.25) is 9.59 Å². The monoisotopic (exact) mass is 338 g/mol. The van der Waals surface area contributed by atoms with E-state index >= 15 is 0 Å². The molecule has 0 saturated heterocycles. The molecule has 0 amide bonds. The van der Waals surface area contributed by atoms with Crippen molar-refractivity contribution >= 4 is 17.8 Å². The molecule has 0 spiro atoms. The van der Waals surface area contributed by atoms with Gasteiger partial charge >= 0.3 is 5.97 Å². The molecular formula is C21H22O4. The van der Waals surface area contributed by atoms with Crippen molar-refractivity contribution in [1.29, 1.82) is 0 Å². The van der Waals surface area contributed by atoms with Crippen LogP contribution in [-0.2, 0) is 9.53 Å². The number of ether oxygens (including phenoxy) is 1. The lowest BCUT2D eigenvalue weighted by atomic mass is 10.0. The summed E-state index contributed by atoms with van der Waals surface area (Å²) in [5.74, 6) is -0.255. The fourth-order valence-electron chi connectivity index (χ4n) is 2.20. The molecule has 0 atom stereocenters. The Morgan fingerprint density at radius 2 is 1.48 bits per heavy atom. The van der Waals surface area contributed by atoms with E-state index in [4.69, 9.17) is 4.74 Å². The Balaban J connectivity index is 1.97. The fraction of sp³-hybridized carbons (Fsp3) is 0.238. The summed E-state index contributed by atoms with van der Waals surface area (Å²) >= 11 is 0. The van der Waals surface area contributed by atoms with Gasteiger partial charge in [-0.05, 0) is 50.6 Å². The fourth-order valence-corrected chi connectivity index (χ4v) is 2.20. The largest absolute Gasteiger partial charge is 0.508 e. The summed E-state index contributed by atoms with van der Waals surface area (Å²) in [5, 5.41) is 9.28. The number of hydrogen-bond acceptors (Lipinski definition) is 4. The molecule has 1 N–H and O–H groups in total. The minimum absolute atomic E-state index is 0.107. The topological polar surface area (TPSA) is 63.6 Å². The Morgan fingerprint density at radius 3 is 2.00 bits per heavy atom. The van der Waals surface area contributed by atoms with Crippen molar-refractivity contribution in [3.05, 3.63) is 71.3 Å². The van der Waals surface area contributed by atoms with Gasteiger partial charge in [0.25, 0.3) is 0 Å². The highest BCUT2D eigenvalue weighted by Gasteiger charge is 2.14. The summed E-state index contributed by atoms with van der Waals surface area (Å²) in [4.78, 5) is 24.0. The van der Waals surface area contributed by atoms with Crippen LogP contribution in [0.25, 0.3) is 6.08 Å². The van der Waals surface area contributed by atoms with E-state index in [1.165, 1.54) is 12.1 Å². The molecule has 0 aliphatic carbocycles. The number of phenolic OH excluding ortho intramolecular Hbond substituents is 1. The number of ketones is 1. The standard InChI is InChI=1S/C21H22O4/c1-21(2,3)25-19(23)6-4-5-15-7-9-16(10-8-15)20(24)17-11-13-18(22)14-12-17/h4-5,7-14,22H,6H2,1-3H3/b5-4+. The Labute approximate surface area is 147 Å². The van der Waals surface area contributed by atoms with E-state index in [1.807, 2.05) is 39.0 Å². The van der Waals surface area contributed by atoms with E-state index in [2.05, 4.69) is 0 Å². The number of carbonyl (C=O) groups excluding carboxylic acids is 2. The second-order valence-corrected chi connectivity index (χ2v) is 6.69. The first kappa shape index (κ1) is 18.5. The maximum absolute atomic E-state index is 12.3. The maximum Gasteiger partial charge on any atom is 0.310 e. The Bertz CT molecular complexity index is 763. The van der Waals surface area contributed by atoms with Gasteiger partial charge in [0.05, 0.1) is 6.42 Å². The molecule has 0 unspecified atom stereocenters. The lowest BCUT2D eigenvalue weighted by Crippen LogP contribution is -2.23. The van der Waals surface area contributed by atoms with Crippen LogP contribution in [0.4, 0.5) is 0 Å². The summed E-state index contributed by atoms with van der Waals surface area (Å²) in [5.41, 5.74) is 1.49. The van der Waals surface area contributed by atoms with Crippen LogP contribution in [0.1, 0.15) is 48.7 Å². The van der Waals surface area contributed by atoms with Gasteiger partial charge in [0.15, 0.2) is 5.78 Å². The Hall–Kier alpha value is -2.88. The Kier molecular flexibility index (Phi) is 5.75. The first-order valence-electron chi connectivity index (χ1n) is 8.07. The van der Waals surface area contributed by atoms with E-state index < -0.39 is 5.60 Å². The van der Waals surface area contributed by atoms with E-state index in [0.717, 1.165) is 5.56 Å². The van der Waals surface area contributed by atoms with Gasteiger partial charge in [0.1, 0.15) is 11.4 Å². The summed E-state index contributed by atoms with van der Waals surface area (Å²) in [6, 6.07) is 13.3. The van der Waals surface area contributed by atoms with Crippen LogP contribution in [-0.4, -0.2) is 22.5 Å². The van der Waals surface area contributed by atoms with Crippen molar-refractivity contribution in [3.63, 3.8) is 0 Å². The molecule has 130 valence electrons. The zero-order chi connectivity index (χ0) is 18.4. The van der Waals surface area contributed by atoms with E-state index in [-0.39, 0.29) is 23.9 Å². The lowest BCUT2D eigenvalue weighted by molar-refractivity contribution is -0.153. The first-order chi connectivity index (χ1) is 11.7. The molecule has 0 aliphatic rings. The molecular weight excluding hydrogens is 316 g/mol. The number of phenols is 1. The SMILES string of the molecule is CC(C)(C)OC(=O)C/C=C/c1ccc(C(=O)c2ccc(O)cc2)cc1. The quantitative estimate of drug-likeness (QED) is 0.649. The smallest absolute Gasteiger partial charge is 0.310 e. The number of benzene rings is 2. The average Bonchev–Trinajstić information content (AvgIpc) is 2.54. The molecule has 2 aromatic rings. The van der Waals surface area contributed by atoms with Crippen LogP contribution >= 0.6 is 0 Å².